The summed E-state index contributed by atoms with van der Waals surface area (Å²) >= 11 is 0. The molecule has 1 aliphatic heterocycles. The monoisotopic (exact) mass is 379 g/mol. The van der Waals surface area contributed by atoms with E-state index in [1.165, 1.54) is 6.92 Å². The number of likely N-dealkylation sites (tertiary alicyclic amines) is 1. The minimum Gasteiger partial charge on any atom is -0.349 e. The Kier molecular flexibility index (Phi) is 6.09. The van der Waals surface area contributed by atoms with Gasteiger partial charge in [0.15, 0.2) is 0 Å². The van der Waals surface area contributed by atoms with Crippen LogP contribution in [0.4, 0.5) is 5.69 Å². The van der Waals surface area contributed by atoms with Crippen LogP contribution in [0.5, 0.6) is 0 Å². The molecule has 2 N–H and O–H groups in total. The van der Waals surface area contributed by atoms with Gasteiger partial charge < -0.3 is 15.5 Å². The molecule has 1 fully saturated rings. The first-order valence-corrected chi connectivity index (χ1v) is 9.47. The molecule has 1 saturated heterocycles. The Morgan fingerprint density at radius 3 is 2.32 bits per heavy atom. The first-order chi connectivity index (χ1) is 13.4. The van der Waals surface area contributed by atoms with Crippen LogP contribution in [-0.4, -0.2) is 41.8 Å². The van der Waals surface area contributed by atoms with Crippen LogP contribution in [0.15, 0.2) is 48.5 Å². The van der Waals surface area contributed by atoms with Crippen molar-refractivity contribution in [2.24, 2.45) is 0 Å². The largest absolute Gasteiger partial charge is 0.349 e. The number of hydrogen-bond donors (Lipinski definition) is 2. The minimum atomic E-state index is -0.178. The van der Waals surface area contributed by atoms with Gasteiger partial charge in [0.1, 0.15) is 0 Å². The third-order valence-corrected chi connectivity index (χ3v) is 4.83. The number of carbonyl (C=O) groups is 3. The second-order valence-electron chi connectivity index (χ2n) is 7.17. The highest BCUT2D eigenvalue weighted by Gasteiger charge is 2.25. The van der Waals surface area contributed by atoms with Gasteiger partial charge in [-0.25, -0.2) is 0 Å². The van der Waals surface area contributed by atoms with Crippen LogP contribution < -0.4 is 10.6 Å². The van der Waals surface area contributed by atoms with Crippen molar-refractivity contribution in [2.75, 3.05) is 18.4 Å². The molecule has 1 heterocycles. The molecule has 0 unspecified atom stereocenters. The van der Waals surface area contributed by atoms with Crippen molar-refractivity contribution in [2.45, 2.75) is 32.7 Å². The summed E-state index contributed by atoms with van der Waals surface area (Å²) in [4.78, 5) is 38.2. The van der Waals surface area contributed by atoms with E-state index in [1.807, 2.05) is 36.1 Å². The van der Waals surface area contributed by atoms with Crippen molar-refractivity contribution >= 4 is 23.4 Å². The van der Waals surface area contributed by atoms with E-state index in [9.17, 15) is 14.4 Å². The summed E-state index contributed by atoms with van der Waals surface area (Å²) in [6.07, 6.45) is 1.43. The number of rotatable bonds is 4. The zero-order chi connectivity index (χ0) is 20.1. The van der Waals surface area contributed by atoms with Gasteiger partial charge in [-0.3, -0.25) is 14.4 Å². The average Bonchev–Trinajstić information content (AvgIpc) is 2.68. The predicted octanol–water partition coefficient (Wildman–Crippen LogP) is 2.99. The Morgan fingerprint density at radius 2 is 1.64 bits per heavy atom. The van der Waals surface area contributed by atoms with Gasteiger partial charge in [-0.05, 0) is 50.1 Å². The van der Waals surface area contributed by atoms with Gasteiger partial charge in [0, 0.05) is 42.9 Å². The van der Waals surface area contributed by atoms with Crippen LogP contribution >= 0.6 is 0 Å². The highest BCUT2D eigenvalue weighted by atomic mass is 16.2. The van der Waals surface area contributed by atoms with E-state index in [-0.39, 0.29) is 23.8 Å². The lowest BCUT2D eigenvalue weighted by Crippen LogP contribution is -2.46. The number of nitrogens with one attached hydrogen (secondary N) is 2. The molecule has 28 heavy (non-hydrogen) atoms. The minimum absolute atomic E-state index is 0.0264. The van der Waals surface area contributed by atoms with Crippen LogP contribution in [0, 0.1) is 6.92 Å². The molecule has 6 heteroatoms. The fourth-order valence-corrected chi connectivity index (χ4v) is 3.40. The van der Waals surface area contributed by atoms with E-state index < -0.39 is 0 Å². The van der Waals surface area contributed by atoms with Crippen molar-refractivity contribution in [3.8, 4) is 0 Å². The maximum atomic E-state index is 12.6. The second-order valence-corrected chi connectivity index (χ2v) is 7.17. The zero-order valence-electron chi connectivity index (χ0n) is 16.2. The lowest BCUT2D eigenvalue weighted by Gasteiger charge is -2.32. The molecule has 2 aromatic rings. The quantitative estimate of drug-likeness (QED) is 0.857. The van der Waals surface area contributed by atoms with Crippen molar-refractivity contribution < 1.29 is 14.4 Å². The van der Waals surface area contributed by atoms with Gasteiger partial charge in [-0.1, -0.05) is 23.8 Å². The number of anilines is 1. The summed E-state index contributed by atoms with van der Waals surface area (Å²) in [6, 6.07) is 14.5. The Labute approximate surface area is 164 Å². The number of nitrogens with zero attached hydrogens (tertiary/aromatic N) is 1. The number of benzene rings is 2. The third-order valence-electron chi connectivity index (χ3n) is 4.83. The average molecular weight is 379 g/mol. The standard InChI is InChI=1S/C22H25N3O3/c1-15-5-3-7-18(13-15)22(28)25-11-9-19(10-12-25)24-21(27)17-6-4-8-20(14-17)23-16(2)26/h3-8,13-14,19H,9-12H2,1-2H3,(H,23,26)(H,24,27). The van der Waals surface area contributed by atoms with Crippen LogP contribution in [0.25, 0.3) is 0 Å². The van der Waals surface area contributed by atoms with Gasteiger partial charge in [0.25, 0.3) is 11.8 Å². The lowest BCUT2D eigenvalue weighted by molar-refractivity contribution is -0.114. The lowest BCUT2D eigenvalue weighted by atomic mass is 10.0. The molecule has 0 saturated carbocycles. The van der Waals surface area contributed by atoms with Crippen molar-refractivity contribution in [3.63, 3.8) is 0 Å². The van der Waals surface area contributed by atoms with E-state index in [1.54, 1.807) is 24.3 Å². The molecule has 3 amide bonds. The second kappa shape index (κ2) is 8.69. The molecule has 146 valence electrons. The Balaban J connectivity index is 1.55. The summed E-state index contributed by atoms with van der Waals surface area (Å²) < 4.78 is 0. The molecule has 0 bridgehead atoms. The number of amides is 3. The molecule has 0 radical (unpaired) electrons. The SMILES string of the molecule is CC(=O)Nc1cccc(C(=O)NC2CCN(C(=O)c3cccc(C)c3)CC2)c1. The summed E-state index contributed by atoms with van der Waals surface area (Å²) in [7, 11) is 0. The van der Waals surface area contributed by atoms with Crippen molar-refractivity contribution in [1.29, 1.82) is 0 Å². The first-order valence-electron chi connectivity index (χ1n) is 9.47. The molecule has 0 spiro atoms. The van der Waals surface area contributed by atoms with Gasteiger partial charge in [0.2, 0.25) is 5.91 Å². The van der Waals surface area contributed by atoms with Crippen LogP contribution in [-0.2, 0) is 4.79 Å². The summed E-state index contributed by atoms with van der Waals surface area (Å²) in [6.45, 7) is 4.63. The maximum absolute atomic E-state index is 12.6. The van der Waals surface area contributed by atoms with E-state index in [4.69, 9.17) is 0 Å². The van der Waals surface area contributed by atoms with Crippen LogP contribution in [0.3, 0.4) is 0 Å². The van der Waals surface area contributed by atoms with Crippen molar-refractivity contribution in [3.05, 3.63) is 65.2 Å². The smallest absolute Gasteiger partial charge is 0.253 e. The molecular weight excluding hydrogens is 354 g/mol. The molecule has 0 atom stereocenters. The number of piperidine rings is 1. The van der Waals surface area contributed by atoms with Crippen LogP contribution in [0.2, 0.25) is 0 Å². The maximum Gasteiger partial charge on any atom is 0.253 e. The van der Waals surface area contributed by atoms with Gasteiger partial charge in [-0.15, -0.1) is 0 Å². The van der Waals surface area contributed by atoms with Gasteiger partial charge in [-0.2, -0.15) is 0 Å². The number of hydrogen-bond acceptors (Lipinski definition) is 3. The molecule has 0 aromatic heterocycles. The van der Waals surface area contributed by atoms with Gasteiger partial charge >= 0.3 is 0 Å². The predicted molar refractivity (Wildman–Crippen MR) is 108 cm³/mol. The fourth-order valence-electron chi connectivity index (χ4n) is 3.40. The first kappa shape index (κ1) is 19.6. The zero-order valence-corrected chi connectivity index (χ0v) is 16.2. The summed E-state index contributed by atoms with van der Waals surface area (Å²) in [5.74, 6) is -0.310. The Hall–Kier alpha value is -3.15. The summed E-state index contributed by atoms with van der Waals surface area (Å²) in [5, 5.41) is 5.71. The Bertz CT molecular complexity index is 886. The Morgan fingerprint density at radius 1 is 0.964 bits per heavy atom. The topological polar surface area (TPSA) is 78.5 Å². The molecule has 1 aliphatic rings. The van der Waals surface area contributed by atoms with Crippen molar-refractivity contribution in [1.82, 2.24) is 10.2 Å². The number of carbonyl (C=O) groups excluding carboxylic acids is 3. The normalized spacial score (nSPS) is 14.4. The van der Waals surface area contributed by atoms with E-state index in [0.717, 1.165) is 5.56 Å². The van der Waals surface area contributed by atoms with Gasteiger partial charge in [0.05, 0.1) is 0 Å². The van der Waals surface area contributed by atoms with E-state index in [2.05, 4.69) is 10.6 Å². The van der Waals surface area contributed by atoms with E-state index in [0.29, 0.717) is 42.7 Å². The molecule has 2 aromatic carbocycles. The molecule has 3 rings (SSSR count). The summed E-state index contributed by atoms with van der Waals surface area (Å²) in [5.41, 5.74) is 2.87. The van der Waals surface area contributed by atoms with E-state index >= 15 is 0 Å². The molecule has 0 aliphatic carbocycles. The highest BCUT2D eigenvalue weighted by molar-refractivity contribution is 5.97. The molecular formula is C22H25N3O3. The fraction of sp³-hybridized carbons (Fsp3) is 0.318. The van der Waals surface area contributed by atoms with Crippen LogP contribution in [0.1, 0.15) is 46.0 Å². The molecule has 6 nitrogen and oxygen atoms in total. The third kappa shape index (κ3) is 4.97. The number of aryl methyl sites for hydroxylation is 1. The highest BCUT2D eigenvalue weighted by Crippen LogP contribution is 2.16.